The summed E-state index contributed by atoms with van der Waals surface area (Å²) >= 11 is 0. The Labute approximate surface area is 255 Å². The van der Waals surface area contributed by atoms with Crippen LogP contribution in [0, 0.1) is 17.8 Å². The van der Waals surface area contributed by atoms with Gasteiger partial charge in [0, 0.05) is 6.20 Å². The van der Waals surface area contributed by atoms with Crippen LogP contribution in [0.4, 0.5) is 0 Å². The van der Waals surface area contributed by atoms with Crippen molar-refractivity contribution < 1.29 is 52.7 Å². The van der Waals surface area contributed by atoms with Gasteiger partial charge in [0.25, 0.3) is 5.91 Å². The Morgan fingerprint density at radius 3 is 2.32 bits per heavy atom. The zero-order valence-electron chi connectivity index (χ0n) is 25.6. The first kappa shape index (κ1) is 34.0. The fourth-order valence-electron chi connectivity index (χ4n) is 4.22. The van der Waals surface area contributed by atoms with Gasteiger partial charge in [-0.3, -0.25) is 24.3 Å². The van der Waals surface area contributed by atoms with Gasteiger partial charge in [-0.25, -0.2) is 9.59 Å². The number of methoxy groups -OCH3 is 1. The number of ether oxygens (including phenoxy) is 4. The second-order valence-corrected chi connectivity index (χ2v) is 10.8. The molecule has 1 aromatic heterocycles. The molecule has 1 aliphatic heterocycles. The third-order valence-corrected chi connectivity index (χ3v) is 6.73. The minimum atomic E-state index is -1.44. The van der Waals surface area contributed by atoms with Crippen molar-refractivity contribution >= 4 is 29.8 Å². The molecule has 238 valence electrons. The van der Waals surface area contributed by atoms with E-state index in [1.807, 2.05) is 18.2 Å². The summed E-state index contributed by atoms with van der Waals surface area (Å²) < 4.78 is 22.1. The summed E-state index contributed by atoms with van der Waals surface area (Å²) in [6.07, 6.45) is -0.775. The fourth-order valence-corrected chi connectivity index (χ4v) is 4.22. The normalized spacial score (nSPS) is 20.5. The van der Waals surface area contributed by atoms with Gasteiger partial charge in [-0.2, -0.15) is 4.89 Å². The van der Waals surface area contributed by atoms with Crippen LogP contribution in [0.3, 0.4) is 0 Å². The molecule has 0 spiro atoms. The van der Waals surface area contributed by atoms with Crippen LogP contribution in [0.5, 0.6) is 5.75 Å². The van der Waals surface area contributed by atoms with E-state index < -0.39 is 72.4 Å². The molecule has 2 heterocycles. The van der Waals surface area contributed by atoms with Gasteiger partial charge in [-0.1, -0.05) is 58.0 Å². The minimum absolute atomic E-state index is 0.134. The van der Waals surface area contributed by atoms with E-state index in [2.05, 4.69) is 10.3 Å². The van der Waals surface area contributed by atoms with E-state index in [0.29, 0.717) is 0 Å². The number of carbonyl (C=O) groups excluding carboxylic acids is 5. The van der Waals surface area contributed by atoms with Gasteiger partial charge in [0.2, 0.25) is 0 Å². The van der Waals surface area contributed by atoms with E-state index in [-0.39, 0.29) is 30.0 Å². The molecule has 44 heavy (non-hydrogen) atoms. The van der Waals surface area contributed by atoms with E-state index in [9.17, 15) is 24.0 Å². The van der Waals surface area contributed by atoms with Crippen LogP contribution in [-0.4, -0.2) is 66.7 Å². The largest absolute Gasteiger partial charge is 0.496 e. The predicted octanol–water partition coefficient (Wildman–Crippen LogP) is 2.73. The molecular formula is C31H38N2O11. The summed E-state index contributed by atoms with van der Waals surface area (Å²) in [5.74, 6) is -5.45. The average Bonchev–Trinajstić information content (AvgIpc) is 3.03. The molecule has 1 aromatic carbocycles. The molecule has 1 N–H and O–H groups in total. The number of aromatic nitrogens is 1. The molecule has 13 heteroatoms. The van der Waals surface area contributed by atoms with Gasteiger partial charge in [0.05, 0.1) is 24.5 Å². The number of benzene rings is 1. The van der Waals surface area contributed by atoms with Crippen molar-refractivity contribution in [3.63, 3.8) is 0 Å². The molecule has 4 atom stereocenters. The molecule has 1 aliphatic rings. The van der Waals surface area contributed by atoms with Crippen LogP contribution in [0.1, 0.15) is 56.2 Å². The zero-order chi connectivity index (χ0) is 32.4. The lowest BCUT2D eigenvalue weighted by Gasteiger charge is -2.29. The van der Waals surface area contributed by atoms with Gasteiger partial charge >= 0.3 is 23.9 Å². The topological polar surface area (TPSA) is 166 Å². The number of carbonyl (C=O) groups is 5. The highest BCUT2D eigenvalue weighted by Crippen LogP contribution is 2.25. The summed E-state index contributed by atoms with van der Waals surface area (Å²) in [5, 5.41) is 2.49. The van der Waals surface area contributed by atoms with Gasteiger partial charge in [-0.15, -0.1) is 0 Å². The lowest BCUT2D eigenvalue weighted by atomic mass is 9.91. The monoisotopic (exact) mass is 614 g/mol. The third kappa shape index (κ3) is 8.99. The maximum Gasteiger partial charge on any atom is 0.344 e. The summed E-state index contributed by atoms with van der Waals surface area (Å²) in [5.41, 5.74) is 0.720. The number of pyridine rings is 1. The maximum atomic E-state index is 13.4. The van der Waals surface area contributed by atoms with Gasteiger partial charge in [0.15, 0.2) is 12.1 Å². The van der Waals surface area contributed by atoms with Crippen molar-refractivity contribution in [3.05, 3.63) is 59.4 Å². The molecule has 13 nitrogen and oxygen atoms in total. The molecule has 0 unspecified atom stereocenters. The van der Waals surface area contributed by atoms with Crippen molar-refractivity contribution in [2.75, 3.05) is 13.7 Å². The van der Waals surface area contributed by atoms with Crippen LogP contribution in [-0.2, 0) is 56.2 Å². The van der Waals surface area contributed by atoms with Crippen molar-refractivity contribution in [3.8, 4) is 5.75 Å². The van der Waals surface area contributed by atoms with Gasteiger partial charge in [-0.05, 0) is 25.0 Å². The van der Waals surface area contributed by atoms with E-state index in [0.717, 1.165) is 5.56 Å². The Hall–Kier alpha value is -4.52. The summed E-state index contributed by atoms with van der Waals surface area (Å²) in [6, 6.07) is 9.10. The molecule has 0 bridgehead atoms. The number of amides is 1. The van der Waals surface area contributed by atoms with Crippen LogP contribution < -0.4 is 10.1 Å². The number of hydrogen-bond acceptors (Lipinski definition) is 12. The second-order valence-electron chi connectivity index (χ2n) is 10.8. The fraction of sp³-hybridized carbons (Fsp3) is 0.484. The van der Waals surface area contributed by atoms with E-state index in [1.54, 1.807) is 39.8 Å². The highest BCUT2D eigenvalue weighted by Gasteiger charge is 2.42. The molecule has 3 rings (SSSR count). The molecular weight excluding hydrogens is 576 g/mol. The Morgan fingerprint density at radius 1 is 1.00 bits per heavy atom. The molecule has 2 aromatic rings. The van der Waals surface area contributed by atoms with E-state index in [1.165, 1.54) is 26.3 Å². The summed E-state index contributed by atoms with van der Waals surface area (Å²) in [6.45, 7) is 7.09. The van der Waals surface area contributed by atoms with Crippen molar-refractivity contribution in [2.24, 2.45) is 17.8 Å². The number of hydrogen-bond donors (Lipinski definition) is 1. The predicted molar refractivity (Wildman–Crippen MR) is 153 cm³/mol. The van der Waals surface area contributed by atoms with Gasteiger partial charge in [0.1, 0.15) is 36.7 Å². The molecule has 0 radical (unpaired) electrons. The molecule has 0 aliphatic carbocycles. The number of nitrogens with one attached hydrogen (secondary N) is 1. The lowest BCUT2D eigenvalue weighted by Crippen LogP contribution is -2.47. The van der Waals surface area contributed by atoms with E-state index >= 15 is 0 Å². The standard InChI is InChI=1S/C31H38N2O11/c1-17(2)28(35)43-26-19(5)42-31(38)23(16-40-30(37)21(26)14-20-10-8-7-9-11-20)33-27(34)25-22(24(39-6)12-13-32-25)15-41-44-29(36)18(3)4/h7-13,17-19,21,23,26H,14-16H2,1-6H3,(H,33,34)/t19-,21+,23-,26-/m0/s1. The summed E-state index contributed by atoms with van der Waals surface area (Å²) in [4.78, 5) is 78.3. The third-order valence-electron chi connectivity index (χ3n) is 6.73. The average molecular weight is 615 g/mol. The molecule has 1 fully saturated rings. The molecule has 0 saturated carbocycles. The molecule has 1 saturated heterocycles. The Balaban J connectivity index is 1.85. The van der Waals surface area contributed by atoms with E-state index in [4.69, 9.17) is 28.7 Å². The maximum absolute atomic E-state index is 13.4. The van der Waals surface area contributed by atoms with Crippen molar-refractivity contribution in [2.45, 2.75) is 65.9 Å². The Morgan fingerprint density at radius 2 is 1.68 bits per heavy atom. The van der Waals surface area contributed by atoms with Crippen LogP contribution in [0.15, 0.2) is 42.6 Å². The lowest BCUT2D eigenvalue weighted by molar-refractivity contribution is -0.282. The smallest absolute Gasteiger partial charge is 0.344 e. The first-order valence-electron chi connectivity index (χ1n) is 14.2. The van der Waals surface area contributed by atoms with Crippen molar-refractivity contribution in [1.82, 2.24) is 10.3 Å². The van der Waals surface area contributed by atoms with Crippen LogP contribution >= 0.6 is 0 Å². The first-order valence-corrected chi connectivity index (χ1v) is 14.2. The highest BCUT2D eigenvalue weighted by molar-refractivity contribution is 5.97. The first-order chi connectivity index (χ1) is 20.9. The zero-order valence-corrected chi connectivity index (χ0v) is 25.6. The second kappa shape index (κ2) is 15.8. The Bertz CT molecular complexity index is 1330. The number of nitrogens with zero attached hydrogens (tertiary/aromatic N) is 1. The number of cyclic esters (lactones) is 2. The quantitative estimate of drug-likeness (QED) is 0.170. The number of rotatable bonds is 11. The SMILES string of the molecule is COc1ccnc(C(=O)N[C@H]2COC(=O)[C@H](Cc3ccccc3)[C@@H](OC(=O)C(C)C)[C@H](C)OC2=O)c1COOC(=O)C(C)C. The Kier molecular flexibility index (Phi) is 12.2. The summed E-state index contributed by atoms with van der Waals surface area (Å²) in [7, 11) is 1.37. The van der Waals surface area contributed by atoms with Crippen LogP contribution in [0.2, 0.25) is 0 Å². The minimum Gasteiger partial charge on any atom is -0.496 e. The van der Waals surface area contributed by atoms with Crippen LogP contribution in [0.25, 0.3) is 0 Å². The highest BCUT2D eigenvalue weighted by atomic mass is 17.2. The van der Waals surface area contributed by atoms with Crippen molar-refractivity contribution in [1.29, 1.82) is 0 Å². The van der Waals surface area contributed by atoms with Gasteiger partial charge < -0.3 is 24.3 Å². The molecule has 1 amide bonds. The number of esters is 3.